The first-order chi connectivity index (χ1) is 10.1. The van der Waals surface area contributed by atoms with E-state index in [0.717, 1.165) is 22.6 Å². The summed E-state index contributed by atoms with van der Waals surface area (Å²) in [5, 5.41) is 12.7. The third-order valence-corrected chi connectivity index (χ3v) is 3.39. The molecule has 0 aliphatic carbocycles. The Labute approximate surface area is 124 Å². The number of halogens is 1. The Morgan fingerprint density at radius 3 is 2.95 bits per heavy atom. The summed E-state index contributed by atoms with van der Waals surface area (Å²) in [6.07, 6.45) is 0. The van der Waals surface area contributed by atoms with E-state index in [-0.39, 0.29) is 18.9 Å². The van der Waals surface area contributed by atoms with Crippen molar-refractivity contribution >= 4 is 17.0 Å². The molecule has 2 aromatic rings. The normalized spacial score (nSPS) is 9.81. The van der Waals surface area contributed by atoms with Gasteiger partial charge >= 0.3 is 5.69 Å². The molecule has 2 rings (SSSR count). The zero-order chi connectivity index (χ0) is 15.2. The van der Waals surface area contributed by atoms with E-state index < -0.39 is 16.4 Å². The molecule has 0 radical (unpaired) electrons. The summed E-state index contributed by atoms with van der Waals surface area (Å²) in [7, 11) is 0. The quantitative estimate of drug-likeness (QED) is 0.535. The minimum absolute atomic E-state index is 0.0318. The van der Waals surface area contributed by atoms with Crippen molar-refractivity contribution in [3.63, 3.8) is 0 Å². The molecule has 21 heavy (non-hydrogen) atoms. The third kappa shape index (κ3) is 4.02. The summed E-state index contributed by atoms with van der Waals surface area (Å²) < 4.78 is 18.4. The summed E-state index contributed by atoms with van der Waals surface area (Å²) in [5.74, 6) is 4.97. The van der Waals surface area contributed by atoms with Gasteiger partial charge in [-0.3, -0.25) is 10.1 Å². The van der Waals surface area contributed by atoms with E-state index in [1.54, 1.807) is 0 Å². The first-order valence-corrected chi connectivity index (χ1v) is 6.81. The molecule has 0 saturated carbocycles. The number of hydrogen-bond donors (Lipinski definition) is 1. The summed E-state index contributed by atoms with van der Waals surface area (Å²) in [5.41, 5.74) is 5.71. The van der Waals surface area contributed by atoms with Crippen LogP contribution in [0.4, 0.5) is 10.1 Å². The number of rotatable bonds is 4. The van der Waals surface area contributed by atoms with E-state index in [4.69, 9.17) is 10.5 Å². The predicted molar refractivity (Wildman–Crippen MR) is 77.6 cm³/mol. The largest absolute Gasteiger partial charge is 0.481 e. The Bertz CT molecular complexity index is 718. The van der Waals surface area contributed by atoms with Crippen molar-refractivity contribution < 1.29 is 14.1 Å². The third-order valence-electron chi connectivity index (χ3n) is 2.48. The van der Waals surface area contributed by atoms with Gasteiger partial charge in [-0.15, -0.1) is 11.3 Å². The van der Waals surface area contributed by atoms with E-state index in [0.29, 0.717) is 0 Å². The summed E-state index contributed by atoms with van der Waals surface area (Å²) >= 11 is 1.42. The molecular weight excluding hydrogens is 295 g/mol. The lowest BCUT2D eigenvalue weighted by Crippen LogP contribution is -1.98. The number of nitrogens with two attached hydrogens (primary N) is 1. The van der Waals surface area contributed by atoms with Gasteiger partial charge in [0, 0.05) is 15.8 Å². The Hall–Kier alpha value is -2.43. The van der Waals surface area contributed by atoms with Gasteiger partial charge < -0.3 is 10.5 Å². The van der Waals surface area contributed by atoms with Gasteiger partial charge in [-0.25, -0.2) is 4.39 Å². The maximum absolute atomic E-state index is 13.0. The SMILES string of the molecule is NCC#Cc1csc(COc2ccc(F)cc2[N+](=O)[O-])c1. The lowest BCUT2D eigenvalue weighted by Gasteiger charge is -2.05. The maximum Gasteiger partial charge on any atom is 0.313 e. The van der Waals surface area contributed by atoms with Gasteiger partial charge in [-0.1, -0.05) is 11.8 Å². The molecular formula is C14H11FN2O3S. The fourth-order valence-electron chi connectivity index (χ4n) is 1.58. The van der Waals surface area contributed by atoms with Gasteiger partial charge in [0.1, 0.15) is 12.4 Å². The average molecular weight is 306 g/mol. The molecule has 0 bridgehead atoms. The average Bonchev–Trinajstić information content (AvgIpc) is 2.91. The molecule has 5 nitrogen and oxygen atoms in total. The van der Waals surface area contributed by atoms with Crippen LogP contribution in [0, 0.1) is 27.8 Å². The van der Waals surface area contributed by atoms with Crippen molar-refractivity contribution in [3.8, 4) is 17.6 Å². The second-order valence-corrected chi connectivity index (χ2v) is 4.96. The van der Waals surface area contributed by atoms with Gasteiger partial charge in [0.2, 0.25) is 0 Å². The van der Waals surface area contributed by atoms with Crippen LogP contribution in [0.5, 0.6) is 5.75 Å². The molecule has 0 atom stereocenters. The van der Waals surface area contributed by atoms with Gasteiger partial charge in [-0.05, 0) is 18.2 Å². The first kappa shape index (κ1) is 15.0. The highest BCUT2D eigenvalue weighted by Gasteiger charge is 2.16. The molecule has 0 saturated heterocycles. The van der Waals surface area contributed by atoms with Crippen LogP contribution >= 0.6 is 11.3 Å². The lowest BCUT2D eigenvalue weighted by molar-refractivity contribution is -0.386. The van der Waals surface area contributed by atoms with Gasteiger partial charge in [0.05, 0.1) is 17.5 Å². The summed E-state index contributed by atoms with van der Waals surface area (Å²) in [4.78, 5) is 11.0. The van der Waals surface area contributed by atoms with E-state index >= 15 is 0 Å². The molecule has 0 aliphatic heterocycles. The van der Waals surface area contributed by atoms with E-state index in [1.165, 1.54) is 17.4 Å². The molecule has 0 aliphatic rings. The molecule has 1 aromatic heterocycles. The zero-order valence-corrected chi connectivity index (χ0v) is 11.7. The van der Waals surface area contributed by atoms with Crippen molar-refractivity contribution in [2.75, 3.05) is 6.54 Å². The molecule has 108 valence electrons. The van der Waals surface area contributed by atoms with Gasteiger partial charge in [0.15, 0.2) is 5.75 Å². The highest BCUT2D eigenvalue weighted by molar-refractivity contribution is 7.10. The Morgan fingerprint density at radius 2 is 2.24 bits per heavy atom. The number of ether oxygens (including phenoxy) is 1. The highest BCUT2D eigenvalue weighted by atomic mass is 32.1. The zero-order valence-electron chi connectivity index (χ0n) is 10.8. The molecule has 7 heteroatoms. The predicted octanol–water partition coefficient (Wildman–Crippen LogP) is 2.68. The van der Waals surface area contributed by atoms with E-state index in [9.17, 15) is 14.5 Å². The van der Waals surface area contributed by atoms with Crippen LogP contribution in [-0.4, -0.2) is 11.5 Å². The molecule has 1 aromatic carbocycles. The van der Waals surface area contributed by atoms with Crippen LogP contribution < -0.4 is 10.5 Å². The topological polar surface area (TPSA) is 78.4 Å². The number of hydrogen-bond acceptors (Lipinski definition) is 5. The molecule has 0 amide bonds. The summed E-state index contributed by atoms with van der Waals surface area (Å²) in [6, 6.07) is 5.02. The van der Waals surface area contributed by atoms with Crippen molar-refractivity contribution in [2.45, 2.75) is 6.61 Å². The summed E-state index contributed by atoms with van der Waals surface area (Å²) in [6.45, 7) is 0.435. The van der Waals surface area contributed by atoms with Gasteiger partial charge in [0.25, 0.3) is 0 Å². The van der Waals surface area contributed by atoms with Crippen molar-refractivity contribution in [1.82, 2.24) is 0 Å². The molecule has 0 fully saturated rings. The second kappa shape index (κ2) is 6.83. The smallest absolute Gasteiger partial charge is 0.313 e. The molecule has 0 unspecified atom stereocenters. The Balaban J connectivity index is 2.09. The standard InChI is InChI=1S/C14H11FN2O3S/c15-11-3-4-14(13(7-11)17(18)19)20-8-12-6-10(9-21-12)2-1-5-16/h3-4,6-7,9H,5,8,16H2. The monoisotopic (exact) mass is 306 g/mol. The van der Waals surface area contributed by atoms with Crippen molar-refractivity contribution in [3.05, 3.63) is 56.0 Å². The molecule has 1 heterocycles. The maximum atomic E-state index is 13.0. The number of thiophene rings is 1. The molecule has 0 spiro atoms. The van der Waals surface area contributed by atoms with Crippen molar-refractivity contribution in [2.24, 2.45) is 5.73 Å². The number of nitro groups is 1. The van der Waals surface area contributed by atoms with E-state index in [1.807, 2.05) is 11.4 Å². The van der Waals surface area contributed by atoms with Gasteiger partial charge in [-0.2, -0.15) is 0 Å². The lowest BCUT2D eigenvalue weighted by atomic mass is 10.3. The Morgan fingerprint density at radius 1 is 1.43 bits per heavy atom. The van der Waals surface area contributed by atoms with Crippen molar-refractivity contribution in [1.29, 1.82) is 0 Å². The Kier molecular flexibility index (Phi) is 4.87. The fraction of sp³-hybridized carbons (Fsp3) is 0.143. The molecule has 2 N–H and O–H groups in total. The van der Waals surface area contributed by atoms with E-state index in [2.05, 4.69) is 11.8 Å². The highest BCUT2D eigenvalue weighted by Crippen LogP contribution is 2.28. The number of nitro benzene ring substituents is 1. The minimum atomic E-state index is -0.676. The van der Waals surface area contributed by atoms with Crippen LogP contribution in [0.1, 0.15) is 10.4 Å². The van der Waals surface area contributed by atoms with Crippen LogP contribution in [0.15, 0.2) is 29.6 Å². The first-order valence-electron chi connectivity index (χ1n) is 5.93. The van der Waals surface area contributed by atoms with Crippen LogP contribution in [0.25, 0.3) is 0 Å². The minimum Gasteiger partial charge on any atom is -0.481 e. The van der Waals surface area contributed by atoms with Crippen LogP contribution in [-0.2, 0) is 6.61 Å². The fourth-order valence-corrected chi connectivity index (χ4v) is 2.31. The second-order valence-electron chi connectivity index (χ2n) is 3.97. The van der Waals surface area contributed by atoms with Crippen LogP contribution in [0.2, 0.25) is 0 Å². The van der Waals surface area contributed by atoms with Crippen LogP contribution in [0.3, 0.4) is 0 Å². The number of benzene rings is 1. The number of nitrogens with zero attached hydrogens (tertiary/aromatic N) is 1.